The van der Waals surface area contributed by atoms with Crippen LogP contribution in [0.4, 0.5) is 0 Å². The third-order valence-corrected chi connectivity index (χ3v) is 3.24. The number of hydrogen-bond donors (Lipinski definition) is 0. The van der Waals surface area contributed by atoms with Crippen molar-refractivity contribution in [3.63, 3.8) is 0 Å². The first-order chi connectivity index (χ1) is 11.6. The molecule has 0 aromatic heterocycles. The Bertz CT molecular complexity index is 696. The van der Waals surface area contributed by atoms with Gasteiger partial charge in [-0.05, 0) is 5.56 Å². The summed E-state index contributed by atoms with van der Waals surface area (Å²) in [5, 5.41) is 0. The predicted octanol–water partition coefficient (Wildman–Crippen LogP) is 3.22. The standard InChI is InChI=1S/C18H20O6/c1-12(19)24-17-15(21-3)10-14(20-2)16(22-4)18(17)23-11-13-8-6-5-7-9-13/h5-10H,11H2,1-4H3. The molecule has 6 nitrogen and oxygen atoms in total. The Morgan fingerprint density at radius 3 is 2.04 bits per heavy atom. The first-order valence-electron chi connectivity index (χ1n) is 7.28. The Kier molecular flexibility index (Phi) is 5.89. The van der Waals surface area contributed by atoms with E-state index >= 15 is 0 Å². The second-order valence-electron chi connectivity index (χ2n) is 4.84. The predicted molar refractivity (Wildman–Crippen MR) is 88.2 cm³/mol. The van der Waals surface area contributed by atoms with Crippen LogP contribution in [0.25, 0.3) is 0 Å². The van der Waals surface area contributed by atoms with Gasteiger partial charge in [-0.1, -0.05) is 30.3 Å². The van der Waals surface area contributed by atoms with Gasteiger partial charge in [-0.25, -0.2) is 0 Å². The highest BCUT2D eigenvalue weighted by molar-refractivity contribution is 5.75. The molecular weight excluding hydrogens is 312 g/mol. The van der Waals surface area contributed by atoms with Crippen LogP contribution < -0.4 is 23.7 Å². The van der Waals surface area contributed by atoms with E-state index in [0.717, 1.165) is 5.56 Å². The van der Waals surface area contributed by atoms with Crippen molar-refractivity contribution in [3.05, 3.63) is 42.0 Å². The van der Waals surface area contributed by atoms with Gasteiger partial charge in [0.05, 0.1) is 21.3 Å². The first kappa shape index (κ1) is 17.5. The number of hydrogen-bond acceptors (Lipinski definition) is 6. The normalized spacial score (nSPS) is 10.0. The quantitative estimate of drug-likeness (QED) is 0.573. The molecule has 0 aliphatic heterocycles. The zero-order valence-electron chi connectivity index (χ0n) is 14.1. The summed E-state index contributed by atoms with van der Waals surface area (Å²) >= 11 is 0. The monoisotopic (exact) mass is 332 g/mol. The Morgan fingerprint density at radius 2 is 1.50 bits per heavy atom. The summed E-state index contributed by atoms with van der Waals surface area (Å²) < 4.78 is 27.1. The molecule has 0 aliphatic carbocycles. The zero-order chi connectivity index (χ0) is 17.5. The SMILES string of the molecule is COc1cc(OC)c(OC(C)=O)c(OCc2ccccc2)c1OC. The number of benzene rings is 2. The molecule has 0 amide bonds. The summed E-state index contributed by atoms with van der Waals surface area (Å²) in [7, 11) is 4.45. The van der Waals surface area contributed by atoms with E-state index < -0.39 is 5.97 Å². The zero-order valence-corrected chi connectivity index (χ0v) is 14.1. The van der Waals surface area contributed by atoms with Crippen LogP contribution in [-0.2, 0) is 11.4 Å². The molecule has 0 saturated heterocycles. The van der Waals surface area contributed by atoms with Crippen LogP contribution in [0.15, 0.2) is 36.4 Å². The van der Waals surface area contributed by atoms with E-state index in [9.17, 15) is 4.79 Å². The molecule has 0 atom stereocenters. The van der Waals surface area contributed by atoms with Crippen molar-refractivity contribution in [1.29, 1.82) is 0 Å². The van der Waals surface area contributed by atoms with E-state index in [0.29, 0.717) is 17.2 Å². The van der Waals surface area contributed by atoms with Crippen LogP contribution in [-0.4, -0.2) is 27.3 Å². The molecule has 0 radical (unpaired) electrons. The lowest BCUT2D eigenvalue weighted by atomic mass is 10.2. The molecule has 0 aliphatic rings. The molecule has 6 heteroatoms. The molecule has 0 saturated carbocycles. The molecule has 2 aromatic rings. The maximum Gasteiger partial charge on any atom is 0.308 e. The molecule has 0 heterocycles. The Morgan fingerprint density at radius 1 is 0.875 bits per heavy atom. The fraction of sp³-hybridized carbons (Fsp3) is 0.278. The summed E-state index contributed by atoms with van der Waals surface area (Å²) in [4.78, 5) is 11.5. The van der Waals surface area contributed by atoms with Crippen LogP contribution in [0.1, 0.15) is 12.5 Å². The molecule has 0 fully saturated rings. The third-order valence-electron chi connectivity index (χ3n) is 3.24. The van der Waals surface area contributed by atoms with Gasteiger partial charge in [-0.15, -0.1) is 0 Å². The van der Waals surface area contributed by atoms with Gasteiger partial charge in [0.1, 0.15) is 6.61 Å². The Hall–Kier alpha value is -2.89. The molecule has 128 valence electrons. The van der Waals surface area contributed by atoms with Gasteiger partial charge in [0.2, 0.25) is 17.2 Å². The summed E-state index contributed by atoms with van der Waals surface area (Å²) in [6, 6.07) is 11.2. The summed E-state index contributed by atoms with van der Waals surface area (Å²) in [6.45, 7) is 1.57. The van der Waals surface area contributed by atoms with Crippen LogP contribution in [0.3, 0.4) is 0 Å². The van der Waals surface area contributed by atoms with E-state index in [1.165, 1.54) is 28.3 Å². The maximum atomic E-state index is 11.5. The van der Waals surface area contributed by atoms with Crippen molar-refractivity contribution in [3.8, 4) is 28.7 Å². The highest BCUT2D eigenvalue weighted by Crippen LogP contribution is 2.50. The number of rotatable bonds is 7. The molecule has 0 spiro atoms. The number of carbonyl (C=O) groups excluding carboxylic acids is 1. The van der Waals surface area contributed by atoms with Crippen molar-refractivity contribution in [2.75, 3.05) is 21.3 Å². The minimum Gasteiger partial charge on any atom is -0.493 e. The van der Waals surface area contributed by atoms with E-state index in [1.54, 1.807) is 6.07 Å². The fourth-order valence-corrected chi connectivity index (χ4v) is 2.17. The maximum absolute atomic E-state index is 11.5. The average Bonchev–Trinajstić information content (AvgIpc) is 2.60. The van der Waals surface area contributed by atoms with Gasteiger partial charge >= 0.3 is 5.97 Å². The van der Waals surface area contributed by atoms with Crippen LogP contribution in [0, 0.1) is 0 Å². The number of ether oxygens (including phenoxy) is 5. The van der Waals surface area contributed by atoms with Gasteiger partial charge in [0.15, 0.2) is 11.5 Å². The summed E-state index contributed by atoms with van der Waals surface area (Å²) in [5.74, 6) is 0.945. The van der Waals surface area contributed by atoms with E-state index in [2.05, 4.69) is 0 Å². The van der Waals surface area contributed by atoms with Gasteiger partial charge in [0, 0.05) is 13.0 Å². The fourth-order valence-electron chi connectivity index (χ4n) is 2.17. The molecule has 0 unspecified atom stereocenters. The van der Waals surface area contributed by atoms with Crippen LogP contribution in [0.2, 0.25) is 0 Å². The van der Waals surface area contributed by atoms with Gasteiger partial charge in [-0.3, -0.25) is 4.79 Å². The van der Waals surface area contributed by atoms with Gasteiger partial charge in [-0.2, -0.15) is 0 Å². The molecule has 24 heavy (non-hydrogen) atoms. The summed E-state index contributed by atoms with van der Waals surface area (Å²) in [6.07, 6.45) is 0. The molecule has 2 rings (SSSR count). The molecule has 2 aromatic carbocycles. The highest BCUT2D eigenvalue weighted by Gasteiger charge is 2.24. The molecule has 0 N–H and O–H groups in total. The van der Waals surface area contributed by atoms with E-state index in [1.807, 2.05) is 30.3 Å². The topological polar surface area (TPSA) is 63.2 Å². The lowest BCUT2D eigenvalue weighted by Crippen LogP contribution is -2.08. The second-order valence-corrected chi connectivity index (χ2v) is 4.84. The van der Waals surface area contributed by atoms with Gasteiger partial charge in [0.25, 0.3) is 0 Å². The third kappa shape index (κ3) is 3.90. The van der Waals surface area contributed by atoms with Crippen LogP contribution in [0.5, 0.6) is 28.7 Å². The van der Waals surface area contributed by atoms with E-state index in [-0.39, 0.29) is 18.1 Å². The van der Waals surface area contributed by atoms with Crippen molar-refractivity contribution in [2.24, 2.45) is 0 Å². The smallest absolute Gasteiger partial charge is 0.308 e. The van der Waals surface area contributed by atoms with Crippen molar-refractivity contribution in [1.82, 2.24) is 0 Å². The van der Waals surface area contributed by atoms with Crippen LogP contribution >= 0.6 is 0 Å². The van der Waals surface area contributed by atoms with E-state index in [4.69, 9.17) is 23.7 Å². The van der Waals surface area contributed by atoms with Crippen molar-refractivity contribution >= 4 is 5.97 Å². The highest BCUT2D eigenvalue weighted by atomic mass is 16.6. The number of esters is 1. The molecular formula is C18H20O6. The minimum atomic E-state index is -0.495. The van der Waals surface area contributed by atoms with Crippen molar-refractivity contribution < 1.29 is 28.5 Å². The van der Waals surface area contributed by atoms with Gasteiger partial charge < -0.3 is 23.7 Å². The Labute approximate surface area is 140 Å². The number of methoxy groups -OCH3 is 3. The Balaban J connectivity index is 2.48. The number of carbonyl (C=O) groups is 1. The lowest BCUT2D eigenvalue weighted by molar-refractivity contribution is -0.132. The van der Waals surface area contributed by atoms with Crippen molar-refractivity contribution in [2.45, 2.75) is 13.5 Å². The summed E-state index contributed by atoms with van der Waals surface area (Å²) in [5.41, 5.74) is 0.954. The largest absolute Gasteiger partial charge is 0.493 e. The lowest BCUT2D eigenvalue weighted by Gasteiger charge is -2.19. The first-order valence-corrected chi connectivity index (χ1v) is 7.28. The second kappa shape index (κ2) is 8.10. The minimum absolute atomic E-state index is 0.151. The average molecular weight is 332 g/mol. The molecule has 0 bridgehead atoms.